The second kappa shape index (κ2) is 5.07. The lowest BCUT2D eigenvalue weighted by Crippen LogP contribution is -2.48. The molecule has 1 aromatic carbocycles. The second-order valence-electron chi connectivity index (χ2n) is 5.26. The quantitative estimate of drug-likeness (QED) is 0.788. The third kappa shape index (κ3) is 3.20. The van der Waals surface area contributed by atoms with Gasteiger partial charge in [0, 0.05) is 24.4 Å². The first kappa shape index (κ1) is 12.4. The molecule has 1 heterocycles. The number of rotatable bonds is 3. The van der Waals surface area contributed by atoms with Crippen LogP contribution < -0.4 is 11.1 Å². The van der Waals surface area contributed by atoms with E-state index in [4.69, 9.17) is 10.5 Å². The molecule has 1 atom stereocenters. The summed E-state index contributed by atoms with van der Waals surface area (Å²) >= 11 is 0. The molecule has 0 saturated carbocycles. The third-order valence-electron chi connectivity index (χ3n) is 3.50. The molecule has 3 N–H and O–H groups in total. The maximum absolute atomic E-state index is 5.91. The Balaban J connectivity index is 1.94. The van der Waals surface area contributed by atoms with Gasteiger partial charge in [-0.2, -0.15) is 0 Å². The van der Waals surface area contributed by atoms with Crippen molar-refractivity contribution in [2.75, 3.05) is 18.9 Å². The molecular formula is C14H22N2O. The Bertz CT molecular complexity index is 384. The highest BCUT2D eigenvalue weighted by molar-refractivity contribution is 5.48. The van der Waals surface area contributed by atoms with Gasteiger partial charge in [-0.05, 0) is 43.9 Å². The number of ether oxygens (including phenoxy) is 1. The van der Waals surface area contributed by atoms with E-state index in [0.717, 1.165) is 37.4 Å². The zero-order chi connectivity index (χ0) is 12.3. The zero-order valence-electron chi connectivity index (χ0n) is 10.8. The molecule has 1 fully saturated rings. The topological polar surface area (TPSA) is 47.3 Å². The summed E-state index contributed by atoms with van der Waals surface area (Å²) in [5, 5.41) is 3.58. The number of hydrogen-bond donors (Lipinski definition) is 2. The van der Waals surface area contributed by atoms with Gasteiger partial charge < -0.3 is 15.8 Å². The smallest absolute Gasteiger partial charge is 0.0645 e. The van der Waals surface area contributed by atoms with Crippen LogP contribution in [0.1, 0.15) is 30.9 Å². The van der Waals surface area contributed by atoms with Gasteiger partial charge in [-0.15, -0.1) is 0 Å². The number of aryl methyl sites for hydroxylation is 1. The van der Waals surface area contributed by atoms with Crippen molar-refractivity contribution in [1.82, 2.24) is 5.32 Å². The number of nitrogens with one attached hydrogen (secondary N) is 1. The molecule has 1 aromatic rings. The van der Waals surface area contributed by atoms with Crippen LogP contribution in [0.2, 0.25) is 0 Å². The predicted octanol–water partition coefficient (Wildman–Crippen LogP) is 2.24. The molecule has 0 amide bonds. The van der Waals surface area contributed by atoms with E-state index in [-0.39, 0.29) is 5.54 Å². The average Bonchev–Trinajstić information content (AvgIpc) is 2.32. The van der Waals surface area contributed by atoms with E-state index in [0.29, 0.717) is 0 Å². The molecular weight excluding hydrogens is 212 g/mol. The van der Waals surface area contributed by atoms with Gasteiger partial charge in [0.1, 0.15) is 0 Å². The van der Waals surface area contributed by atoms with Crippen molar-refractivity contribution < 1.29 is 4.74 Å². The molecule has 1 saturated heterocycles. The van der Waals surface area contributed by atoms with Crippen LogP contribution in [0.5, 0.6) is 0 Å². The predicted molar refractivity (Wildman–Crippen MR) is 70.9 cm³/mol. The molecule has 0 aromatic heterocycles. The number of nitrogens with two attached hydrogens (primary N) is 1. The molecule has 0 bridgehead atoms. The first-order chi connectivity index (χ1) is 8.09. The molecule has 17 heavy (non-hydrogen) atoms. The van der Waals surface area contributed by atoms with Crippen LogP contribution in [0, 0.1) is 6.92 Å². The van der Waals surface area contributed by atoms with Crippen LogP contribution in [0.3, 0.4) is 0 Å². The summed E-state index contributed by atoms with van der Waals surface area (Å²) in [6.45, 7) is 6.81. The van der Waals surface area contributed by atoms with Crippen molar-refractivity contribution in [3.8, 4) is 0 Å². The lowest BCUT2D eigenvalue weighted by atomic mass is 9.94. The Labute approximate surface area is 103 Å². The van der Waals surface area contributed by atoms with Crippen molar-refractivity contribution in [3.05, 3.63) is 29.3 Å². The summed E-state index contributed by atoms with van der Waals surface area (Å²) in [7, 11) is 0. The van der Waals surface area contributed by atoms with Crippen molar-refractivity contribution in [3.63, 3.8) is 0 Å². The van der Waals surface area contributed by atoms with E-state index in [1.807, 2.05) is 6.92 Å². The Morgan fingerprint density at radius 1 is 1.47 bits per heavy atom. The van der Waals surface area contributed by atoms with Gasteiger partial charge in [-0.1, -0.05) is 12.1 Å². The first-order valence-electron chi connectivity index (χ1n) is 6.27. The maximum Gasteiger partial charge on any atom is 0.0645 e. The summed E-state index contributed by atoms with van der Waals surface area (Å²) in [6, 6.07) is 6.26. The fraction of sp³-hybridized carbons (Fsp3) is 0.571. The van der Waals surface area contributed by atoms with Gasteiger partial charge in [0.2, 0.25) is 0 Å². The van der Waals surface area contributed by atoms with E-state index in [2.05, 4.69) is 30.4 Å². The van der Waals surface area contributed by atoms with Crippen molar-refractivity contribution >= 4 is 5.69 Å². The van der Waals surface area contributed by atoms with Gasteiger partial charge in [-0.3, -0.25) is 0 Å². The fourth-order valence-electron chi connectivity index (χ4n) is 2.19. The minimum Gasteiger partial charge on any atom is -0.399 e. The van der Waals surface area contributed by atoms with E-state index in [9.17, 15) is 0 Å². The Morgan fingerprint density at radius 3 is 2.94 bits per heavy atom. The van der Waals surface area contributed by atoms with Crippen LogP contribution in [-0.2, 0) is 11.3 Å². The molecule has 0 spiro atoms. The SMILES string of the molecule is Cc1ccc(CNC2(C)CCCOC2)cc1N. The van der Waals surface area contributed by atoms with Crippen LogP contribution in [0.15, 0.2) is 18.2 Å². The largest absolute Gasteiger partial charge is 0.399 e. The lowest BCUT2D eigenvalue weighted by Gasteiger charge is -2.34. The van der Waals surface area contributed by atoms with Gasteiger partial charge in [0.05, 0.1) is 6.61 Å². The minimum absolute atomic E-state index is 0.109. The van der Waals surface area contributed by atoms with Crippen LogP contribution in [0.25, 0.3) is 0 Å². The lowest BCUT2D eigenvalue weighted by molar-refractivity contribution is 0.0278. The number of hydrogen-bond acceptors (Lipinski definition) is 3. The highest BCUT2D eigenvalue weighted by Gasteiger charge is 2.26. The highest BCUT2D eigenvalue weighted by atomic mass is 16.5. The fourth-order valence-corrected chi connectivity index (χ4v) is 2.19. The summed E-state index contributed by atoms with van der Waals surface area (Å²) in [4.78, 5) is 0. The average molecular weight is 234 g/mol. The maximum atomic E-state index is 5.91. The van der Waals surface area contributed by atoms with Crippen LogP contribution >= 0.6 is 0 Å². The molecule has 1 aliphatic heterocycles. The number of nitrogen functional groups attached to an aromatic ring is 1. The van der Waals surface area contributed by atoms with Crippen molar-refractivity contribution in [2.24, 2.45) is 0 Å². The summed E-state index contributed by atoms with van der Waals surface area (Å²) in [5.74, 6) is 0. The van der Waals surface area contributed by atoms with E-state index in [1.54, 1.807) is 0 Å². The summed E-state index contributed by atoms with van der Waals surface area (Å²) < 4.78 is 5.53. The molecule has 3 heteroatoms. The second-order valence-corrected chi connectivity index (χ2v) is 5.26. The number of anilines is 1. The monoisotopic (exact) mass is 234 g/mol. The number of benzene rings is 1. The minimum atomic E-state index is 0.109. The molecule has 1 unspecified atom stereocenters. The molecule has 94 valence electrons. The van der Waals surface area contributed by atoms with Crippen LogP contribution in [0.4, 0.5) is 5.69 Å². The van der Waals surface area contributed by atoms with Gasteiger partial charge >= 0.3 is 0 Å². The molecule has 0 aliphatic carbocycles. The van der Waals surface area contributed by atoms with Crippen molar-refractivity contribution in [2.45, 2.75) is 38.8 Å². The van der Waals surface area contributed by atoms with Gasteiger partial charge in [0.25, 0.3) is 0 Å². The molecule has 1 aliphatic rings. The standard InChI is InChI=1S/C14H22N2O/c1-11-4-5-12(8-13(11)15)9-16-14(2)6-3-7-17-10-14/h4-5,8,16H,3,6-7,9-10,15H2,1-2H3. The third-order valence-corrected chi connectivity index (χ3v) is 3.50. The van der Waals surface area contributed by atoms with Gasteiger partial charge in [0.15, 0.2) is 0 Å². The summed E-state index contributed by atoms with van der Waals surface area (Å²) in [6.07, 6.45) is 2.31. The van der Waals surface area contributed by atoms with E-state index >= 15 is 0 Å². The first-order valence-corrected chi connectivity index (χ1v) is 6.27. The Hall–Kier alpha value is -1.06. The Kier molecular flexibility index (Phi) is 3.69. The molecule has 0 radical (unpaired) electrons. The molecule has 2 rings (SSSR count). The van der Waals surface area contributed by atoms with Crippen molar-refractivity contribution in [1.29, 1.82) is 0 Å². The zero-order valence-corrected chi connectivity index (χ0v) is 10.8. The molecule has 3 nitrogen and oxygen atoms in total. The summed E-state index contributed by atoms with van der Waals surface area (Å²) in [5.41, 5.74) is 9.26. The van der Waals surface area contributed by atoms with E-state index < -0.39 is 0 Å². The van der Waals surface area contributed by atoms with Gasteiger partial charge in [-0.25, -0.2) is 0 Å². The Morgan fingerprint density at radius 2 is 2.29 bits per heavy atom. The highest BCUT2D eigenvalue weighted by Crippen LogP contribution is 2.19. The normalized spacial score (nSPS) is 24.8. The van der Waals surface area contributed by atoms with E-state index in [1.165, 1.54) is 12.0 Å². The van der Waals surface area contributed by atoms with Crippen LogP contribution in [-0.4, -0.2) is 18.8 Å².